The summed E-state index contributed by atoms with van der Waals surface area (Å²) in [6.07, 6.45) is 4.20. The first-order chi connectivity index (χ1) is 20.1. The third-order valence-electron chi connectivity index (χ3n) is 7.85. The lowest BCUT2D eigenvalue weighted by Crippen LogP contribution is -2.30. The number of rotatable bonds is 7. The topological polar surface area (TPSA) is 105 Å². The smallest absolute Gasteiger partial charge is 0.342 e. The maximum Gasteiger partial charge on any atom is 0.342 e. The van der Waals surface area contributed by atoms with E-state index in [-0.39, 0.29) is 29.0 Å². The number of phenols is 1. The van der Waals surface area contributed by atoms with Crippen LogP contribution in [0.3, 0.4) is 0 Å². The van der Waals surface area contributed by atoms with Crippen LogP contribution in [0.25, 0.3) is 11.3 Å². The summed E-state index contributed by atoms with van der Waals surface area (Å²) >= 11 is 0. The van der Waals surface area contributed by atoms with Crippen LogP contribution in [-0.4, -0.2) is 33.9 Å². The second-order valence-electron chi connectivity index (χ2n) is 11.9. The predicted molar refractivity (Wildman–Crippen MR) is 164 cm³/mol. The third-order valence-corrected chi connectivity index (χ3v) is 7.85. The molecule has 1 saturated carbocycles. The minimum Gasteiger partial charge on any atom is -0.507 e. The number of carbonyl (C=O) groups is 2. The number of nitrogens with one attached hydrogen (secondary N) is 2. The van der Waals surface area contributed by atoms with Crippen molar-refractivity contribution in [2.45, 2.75) is 64.3 Å². The molecular formula is C34H38N4O4. The summed E-state index contributed by atoms with van der Waals surface area (Å²) in [6.45, 7) is 6.73. The summed E-state index contributed by atoms with van der Waals surface area (Å²) in [5, 5.41) is 21.4. The van der Waals surface area contributed by atoms with E-state index in [9.17, 15) is 14.7 Å². The second-order valence-corrected chi connectivity index (χ2v) is 11.9. The first-order valence-corrected chi connectivity index (χ1v) is 14.4. The van der Waals surface area contributed by atoms with E-state index >= 15 is 0 Å². The van der Waals surface area contributed by atoms with E-state index in [4.69, 9.17) is 4.74 Å². The molecule has 0 unspecified atom stereocenters. The lowest BCUT2D eigenvalue weighted by atomic mass is 9.87. The third kappa shape index (κ3) is 6.48. The van der Waals surface area contributed by atoms with E-state index in [0.29, 0.717) is 29.1 Å². The Kier molecular flexibility index (Phi) is 8.34. The van der Waals surface area contributed by atoms with Gasteiger partial charge in [0.2, 0.25) is 0 Å². The summed E-state index contributed by atoms with van der Waals surface area (Å²) in [5.41, 5.74) is 4.92. The van der Waals surface area contributed by atoms with Gasteiger partial charge in [0.15, 0.2) is 0 Å². The maximum absolute atomic E-state index is 13.3. The first-order valence-electron chi connectivity index (χ1n) is 14.4. The number of ether oxygens (including phenoxy) is 1. The van der Waals surface area contributed by atoms with Crippen molar-refractivity contribution in [2.24, 2.45) is 0 Å². The number of amides is 2. The van der Waals surface area contributed by atoms with Crippen LogP contribution >= 0.6 is 0 Å². The average Bonchev–Trinajstić information content (AvgIpc) is 3.67. The highest BCUT2D eigenvalue weighted by Gasteiger charge is 2.26. The Labute approximate surface area is 246 Å². The van der Waals surface area contributed by atoms with Crippen molar-refractivity contribution >= 4 is 17.6 Å². The SMILES string of the molecule is COc1ccc(CNC(=O)n2nc(-c3ccc(NC(=O)c4ccc(C(C)(C)C)cc4)cc3O)cc2C2CCCC2)cc1. The van der Waals surface area contributed by atoms with E-state index in [0.717, 1.165) is 48.3 Å². The van der Waals surface area contributed by atoms with Gasteiger partial charge in [-0.05, 0) is 71.8 Å². The summed E-state index contributed by atoms with van der Waals surface area (Å²) in [7, 11) is 1.62. The lowest BCUT2D eigenvalue weighted by molar-refractivity contribution is 0.102. The molecular weight excluding hydrogens is 528 g/mol. The molecule has 1 aliphatic carbocycles. The molecule has 3 N–H and O–H groups in total. The molecule has 1 aliphatic rings. The molecule has 1 heterocycles. The van der Waals surface area contributed by atoms with Crippen molar-refractivity contribution in [3.8, 4) is 22.8 Å². The number of benzene rings is 3. The van der Waals surface area contributed by atoms with Crippen molar-refractivity contribution in [1.82, 2.24) is 15.1 Å². The monoisotopic (exact) mass is 566 g/mol. The molecule has 3 aromatic carbocycles. The minimum atomic E-state index is -0.320. The van der Waals surface area contributed by atoms with Crippen molar-refractivity contribution in [3.63, 3.8) is 0 Å². The van der Waals surface area contributed by atoms with E-state index < -0.39 is 0 Å². The Balaban J connectivity index is 1.33. The molecule has 1 fully saturated rings. The summed E-state index contributed by atoms with van der Waals surface area (Å²) in [4.78, 5) is 26.1. The van der Waals surface area contributed by atoms with Gasteiger partial charge in [0.25, 0.3) is 5.91 Å². The fourth-order valence-electron chi connectivity index (χ4n) is 5.35. The molecule has 4 aromatic rings. The van der Waals surface area contributed by atoms with E-state index in [1.54, 1.807) is 31.4 Å². The number of aromatic hydroxyl groups is 1. The zero-order valence-electron chi connectivity index (χ0n) is 24.6. The van der Waals surface area contributed by atoms with E-state index in [1.165, 1.54) is 10.7 Å². The maximum atomic E-state index is 13.3. The lowest BCUT2D eigenvalue weighted by Gasteiger charge is -2.19. The number of phenolic OH excluding ortho intramolecular Hbond substituents is 1. The summed E-state index contributed by atoms with van der Waals surface area (Å²) in [5.74, 6) is 0.690. The zero-order chi connectivity index (χ0) is 29.9. The molecule has 0 saturated heterocycles. The van der Waals surface area contributed by atoms with Crippen LogP contribution in [-0.2, 0) is 12.0 Å². The number of methoxy groups -OCH3 is 1. The second kappa shape index (κ2) is 12.1. The fraction of sp³-hybridized carbons (Fsp3) is 0.324. The van der Waals surface area contributed by atoms with Gasteiger partial charge >= 0.3 is 6.03 Å². The van der Waals surface area contributed by atoms with Gasteiger partial charge in [-0.3, -0.25) is 4.79 Å². The number of hydrogen-bond acceptors (Lipinski definition) is 5. The predicted octanol–water partition coefficient (Wildman–Crippen LogP) is 7.23. The molecule has 2 amide bonds. The Bertz CT molecular complexity index is 1560. The molecule has 42 heavy (non-hydrogen) atoms. The molecule has 0 radical (unpaired) electrons. The summed E-state index contributed by atoms with van der Waals surface area (Å²) in [6, 6.07) is 21.6. The first kappa shape index (κ1) is 28.9. The van der Waals surface area contributed by atoms with Crippen molar-refractivity contribution in [2.75, 3.05) is 12.4 Å². The van der Waals surface area contributed by atoms with Gasteiger partial charge in [-0.15, -0.1) is 0 Å². The number of aromatic nitrogens is 2. The standard InChI is InChI=1S/C34H38N4O4/c1-34(2,3)25-13-11-24(12-14-25)32(40)36-26-15-18-28(31(39)19-26)29-20-30(23-7-5-6-8-23)38(37-29)33(41)35-21-22-9-16-27(42-4)17-10-22/h9-20,23,39H,5-8,21H2,1-4H3,(H,35,41)(H,36,40). The van der Waals surface area contributed by atoms with Gasteiger partial charge in [0.1, 0.15) is 11.5 Å². The Morgan fingerprint density at radius 3 is 2.29 bits per heavy atom. The van der Waals surface area contributed by atoms with Gasteiger partial charge in [-0.25, -0.2) is 4.79 Å². The van der Waals surface area contributed by atoms with Crippen LogP contribution in [0.5, 0.6) is 11.5 Å². The van der Waals surface area contributed by atoms with Gasteiger partial charge in [-0.1, -0.05) is 57.9 Å². The molecule has 8 heteroatoms. The van der Waals surface area contributed by atoms with E-state index in [2.05, 4.69) is 36.5 Å². The largest absolute Gasteiger partial charge is 0.507 e. The highest BCUT2D eigenvalue weighted by Crippen LogP contribution is 2.38. The highest BCUT2D eigenvalue weighted by atomic mass is 16.5. The molecule has 218 valence electrons. The number of hydrogen-bond donors (Lipinski definition) is 3. The Morgan fingerprint density at radius 1 is 0.976 bits per heavy atom. The van der Waals surface area contributed by atoms with Crippen molar-refractivity contribution in [3.05, 3.63) is 95.2 Å². The molecule has 5 rings (SSSR count). The van der Waals surface area contributed by atoms with Gasteiger partial charge in [0.05, 0.1) is 18.5 Å². The van der Waals surface area contributed by atoms with Crippen LogP contribution in [0, 0.1) is 0 Å². The quantitative estimate of drug-likeness (QED) is 0.219. The highest BCUT2D eigenvalue weighted by molar-refractivity contribution is 6.04. The van der Waals surface area contributed by atoms with Crippen molar-refractivity contribution in [1.29, 1.82) is 0 Å². The van der Waals surface area contributed by atoms with Crippen LogP contribution in [0.4, 0.5) is 10.5 Å². The zero-order valence-corrected chi connectivity index (χ0v) is 24.6. The van der Waals surface area contributed by atoms with Crippen molar-refractivity contribution < 1.29 is 19.4 Å². The Hall–Kier alpha value is -4.59. The van der Waals surface area contributed by atoms with Crippen LogP contribution in [0.15, 0.2) is 72.8 Å². The summed E-state index contributed by atoms with van der Waals surface area (Å²) < 4.78 is 6.64. The van der Waals surface area contributed by atoms with E-state index in [1.807, 2.05) is 42.5 Å². The molecule has 0 spiro atoms. The molecule has 0 aliphatic heterocycles. The van der Waals surface area contributed by atoms with Crippen LogP contribution in [0.2, 0.25) is 0 Å². The molecule has 0 atom stereocenters. The van der Waals surface area contributed by atoms with Crippen LogP contribution < -0.4 is 15.4 Å². The van der Waals surface area contributed by atoms with Crippen LogP contribution in [0.1, 0.15) is 79.6 Å². The molecule has 0 bridgehead atoms. The number of nitrogens with zero attached hydrogens (tertiary/aromatic N) is 2. The van der Waals surface area contributed by atoms with Gasteiger partial charge in [-0.2, -0.15) is 9.78 Å². The number of anilines is 1. The molecule has 8 nitrogen and oxygen atoms in total. The average molecular weight is 567 g/mol. The van der Waals surface area contributed by atoms with Gasteiger partial charge in [0, 0.05) is 35.3 Å². The van der Waals surface area contributed by atoms with Gasteiger partial charge < -0.3 is 20.5 Å². The Morgan fingerprint density at radius 2 is 1.67 bits per heavy atom. The minimum absolute atomic E-state index is 0.00153. The number of carbonyl (C=O) groups excluding carboxylic acids is 2. The molecule has 1 aromatic heterocycles. The normalized spacial score (nSPS) is 13.6. The fourth-order valence-corrected chi connectivity index (χ4v) is 5.35.